The van der Waals surface area contributed by atoms with E-state index in [9.17, 15) is 9.59 Å². The lowest BCUT2D eigenvalue weighted by Crippen LogP contribution is -2.49. The van der Waals surface area contributed by atoms with Crippen molar-refractivity contribution in [3.05, 3.63) is 0 Å². The molecule has 4 heterocycles. The van der Waals surface area contributed by atoms with Gasteiger partial charge in [-0.25, -0.2) is 4.79 Å². The number of nitrogens with zero attached hydrogens (tertiary/aromatic N) is 1. The molecule has 4 aliphatic rings. The van der Waals surface area contributed by atoms with E-state index in [0.29, 0.717) is 13.1 Å². The Morgan fingerprint density at radius 1 is 0.962 bits per heavy atom. The Kier molecular flexibility index (Phi) is 4.96. The van der Waals surface area contributed by atoms with Crippen molar-refractivity contribution in [1.29, 1.82) is 0 Å². The van der Waals surface area contributed by atoms with Gasteiger partial charge in [0.15, 0.2) is 6.54 Å². The standard InChI is InChI=1S/C19H30NO6/c1-3-20(2,26-19(22)15-11-13-5-7-17(15)25-13)8-9-23-18(21)14-10-12-4-6-16(14)24-12/h12-17H,3-11H2,1-2H3/q+1. The molecule has 146 valence electrons. The van der Waals surface area contributed by atoms with Crippen molar-refractivity contribution < 1.29 is 33.3 Å². The van der Waals surface area contributed by atoms with Crippen LogP contribution >= 0.6 is 0 Å². The minimum atomic E-state index is -0.186. The zero-order valence-electron chi connectivity index (χ0n) is 15.7. The maximum Gasteiger partial charge on any atom is 0.372 e. The summed E-state index contributed by atoms with van der Waals surface area (Å²) in [5.74, 6) is -0.628. The fraction of sp³-hybridized carbons (Fsp3) is 0.895. The molecule has 4 aliphatic heterocycles. The summed E-state index contributed by atoms with van der Waals surface area (Å²) >= 11 is 0. The molecule has 4 saturated heterocycles. The highest BCUT2D eigenvalue weighted by molar-refractivity contribution is 5.74. The number of ether oxygens (including phenoxy) is 3. The van der Waals surface area contributed by atoms with Gasteiger partial charge in [0.25, 0.3) is 0 Å². The molecule has 4 bridgehead atoms. The van der Waals surface area contributed by atoms with Gasteiger partial charge >= 0.3 is 11.9 Å². The van der Waals surface area contributed by atoms with Crippen molar-refractivity contribution in [2.75, 3.05) is 26.7 Å². The number of quaternary nitrogens is 1. The van der Waals surface area contributed by atoms with Crippen molar-refractivity contribution in [2.45, 2.75) is 69.9 Å². The van der Waals surface area contributed by atoms with Crippen LogP contribution < -0.4 is 0 Å². The first-order valence-electron chi connectivity index (χ1n) is 10.0. The normalized spacial score (nSPS) is 39.8. The second-order valence-electron chi connectivity index (χ2n) is 8.35. The van der Waals surface area contributed by atoms with Gasteiger partial charge in [-0.15, -0.1) is 4.65 Å². The van der Waals surface area contributed by atoms with Gasteiger partial charge in [0.1, 0.15) is 20.2 Å². The molecule has 7 heteroatoms. The summed E-state index contributed by atoms with van der Waals surface area (Å²) in [6.45, 7) is 3.30. The van der Waals surface area contributed by atoms with E-state index < -0.39 is 0 Å². The Labute approximate surface area is 154 Å². The van der Waals surface area contributed by atoms with E-state index in [1.807, 2.05) is 14.0 Å². The van der Waals surface area contributed by atoms with Crippen LogP contribution in [0.5, 0.6) is 0 Å². The maximum absolute atomic E-state index is 12.6. The third-order valence-corrected chi connectivity index (χ3v) is 6.61. The molecule has 0 aromatic heterocycles. The van der Waals surface area contributed by atoms with E-state index in [1.165, 1.54) is 0 Å². The van der Waals surface area contributed by atoms with Crippen LogP contribution in [0.3, 0.4) is 0 Å². The molecule has 0 amide bonds. The molecule has 0 spiro atoms. The number of hydrogen-bond acceptors (Lipinski definition) is 6. The van der Waals surface area contributed by atoms with Crippen LogP contribution in [0.2, 0.25) is 0 Å². The van der Waals surface area contributed by atoms with Crippen LogP contribution in [0, 0.1) is 11.8 Å². The summed E-state index contributed by atoms with van der Waals surface area (Å²) in [6, 6.07) is 0. The molecular formula is C19H30NO6+. The van der Waals surface area contributed by atoms with Crippen LogP contribution in [0.1, 0.15) is 45.4 Å². The molecule has 0 aromatic rings. The predicted molar refractivity (Wildman–Crippen MR) is 90.6 cm³/mol. The second kappa shape index (κ2) is 7.09. The van der Waals surface area contributed by atoms with Gasteiger partial charge in [0, 0.05) is 0 Å². The third kappa shape index (κ3) is 3.49. The van der Waals surface area contributed by atoms with Crippen LogP contribution in [0.15, 0.2) is 0 Å². The number of fused-ring (bicyclic) bond motifs is 4. The van der Waals surface area contributed by atoms with Crippen molar-refractivity contribution in [3.8, 4) is 0 Å². The average Bonchev–Trinajstić information content (AvgIpc) is 3.41. The molecule has 0 saturated carbocycles. The average molecular weight is 368 g/mol. The van der Waals surface area contributed by atoms with Gasteiger partial charge in [-0.05, 0) is 45.4 Å². The lowest BCUT2D eigenvalue weighted by molar-refractivity contribution is -1.07. The van der Waals surface area contributed by atoms with Gasteiger partial charge in [-0.2, -0.15) is 0 Å². The number of carbonyl (C=O) groups excluding carboxylic acids is 2. The Morgan fingerprint density at radius 3 is 2.00 bits per heavy atom. The molecule has 4 rings (SSSR count). The molecule has 7 unspecified atom stereocenters. The van der Waals surface area contributed by atoms with Crippen molar-refractivity contribution >= 4 is 11.9 Å². The van der Waals surface area contributed by atoms with E-state index in [4.69, 9.17) is 19.0 Å². The topological polar surface area (TPSA) is 71.1 Å². The molecule has 0 aliphatic carbocycles. The molecular weight excluding hydrogens is 338 g/mol. The highest BCUT2D eigenvalue weighted by Gasteiger charge is 2.48. The first-order valence-corrected chi connectivity index (χ1v) is 10.0. The van der Waals surface area contributed by atoms with Gasteiger partial charge < -0.3 is 14.2 Å². The van der Waals surface area contributed by atoms with Gasteiger partial charge in [0.05, 0.1) is 36.3 Å². The fourth-order valence-electron chi connectivity index (χ4n) is 4.77. The molecule has 7 nitrogen and oxygen atoms in total. The zero-order chi connectivity index (χ0) is 18.3. The Balaban J connectivity index is 1.24. The van der Waals surface area contributed by atoms with E-state index in [0.717, 1.165) is 38.5 Å². The molecule has 0 radical (unpaired) electrons. The smallest absolute Gasteiger partial charge is 0.372 e. The van der Waals surface area contributed by atoms with Gasteiger partial charge in [-0.1, -0.05) is 0 Å². The van der Waals surface area contributed by atoms with E-state index in [2.05, 4.69) is 0 Å². The maximum atomic E-state index is 12.6. The highest BCUT2D eigenvalue weighted by Crippen LogP contribution is 2.40. The predicted octanol–water partition coefficient (Wildman–Crippen LogP) is 1.59. The summed E-state index contributed by atoms with van der Waals surface area (Å²) in [4.78, 5) is 30.6. The summed E-state index contributed by atoms with van der Waals surface area (Å²) < 4.78 is 17.1. The van der Waals surface area contributed by atoms with Crippen LogP contribution in [0.4, 0.5) is 0 Å². The Bertz CT molecular complexity index is 568. The third-order valence-electron chi connectivity index (χ3n) is 6.61. The number of rotatable bonds is 7. The Morgan fingerprint density at radius 2 is 1.54 bits per heavy atom. The number of hydroxylamine groups is 3. The monoisotopic (exact) mass is 368 g/mol. The lowest BCUT2D eigenvalue weighted by Gasteiger charge is -2.31. The first kappa shape index (κ1) is 18.2. The fourth-order valence-corrected chi connectivity index (χ4v) is 4.77. The minimum Gasteiger partial charge on any atom is -0.459 e. The van der Waals surface area contributed by atoms with E-state index in [-0.39, 0.29) is 59.4 Å². The number of hydrogen-bond donors (Lipinski definition) is 0. The molecule has 0 aromatic carbocycles. The van der Waals surface area contributed by atoms with Gasteiger partial charge in [-0.3, -0.25) is 9.63 Å². The Hall–Kier alpha value is -1.18. The quantitative estimate of drug-likeness (QED) is 0.386. The summed E-state index contributed by atoms with van der Waals surface area (Å²) in [7, 11) is 1.86. The number of esters is 1. The van der Waals surface area contributed by atoms with Crippen LogP contribution in [0.25, 0.3) is 0 Å². The highest BCUT2D eigenvalue weighted by atomic mass is 16.7. The zero-order valence-corrected chi connectivity index (χ0v) is 15.7. The van der Waals surface area contributed by atoms with Crippen LogP contribution in [-0.2, 0) is 28.6 Å². The number of likely N-dealkylation sites (N-methyl/N-ethyl adjacent to an activating group) is 1. The second-order valence-corrected chi connectivity index (χ2v) is 8.35. The summed E-state index contributed by atoms with van der Waals surface area (Å²) in [6.07, 6.45) is 6.08. The molecule has 4 fully saturated rings. The van der Waals surface area contributed by atoms with E-state index in [1.54, 1.807) is 0 Å². The lowest BCUT2D eigenvalue weighted by atomic mass is 9.89. The molecule has 0 N–H and O–H groups in total. The van der Waals surface area contributed by atoms with Gasteiger partial charge in [0.2, 0.25) is 0 Å². The number of carbonyl (C=O) groups is 2. The largest absolute Gasteiger partial charge is 0.459 e. The first-order chi connectivity index (χ1) is 12.5. The minimum absolute atomic E-state index is 0.0217. The summed E-state index contributed by atoms with van der Waals surface area (Å²) in [5.41, 5.74) is 0. The SMILES string of the molecule is CC[N+](C)(CCOC(=O)C1CC2CCC1O2)OC(=O)C1CC2CCC1O2. The molecule has 26 heavy (non-hydrogen) atoms. The van der Waals surface area contributed by atoms with Crippen LogP contribution in [-0.4, -0.2) is 67.7 Å². The summed E-state index contributed by atoms with van der Waals surface area (Å²) in [5, 5.41) is 0. The van der Waals surface area contributed by atoms with Crippen molar-refractivity contribution in [1.82, 2.24) is 0 Å². The van der Waals surface area contributed by atoms with E-state index >= 15 is 0 Å². The van der Waals surface area contributed by atoms with Crippen molar-refractivity contribution in [2.24, 2.45) is 11.8 Å². The van der Waals surface area contributed by atoms with Crippen molar-refractivity contribution in [3.63, 3.8) is 0 Å². The molecule has 7 atom stereocenters.